The number of nitrogens with one attached hydrogen (secondary N) is 1. The number of aromatic amines is 1. The molecular weight excluding hydrogens is 494 g/mol. The van der Waals surface area contributed by atoms with Gasteiger partial charge in [-0.05, 0) is 54.1 Å². The Bertz CT molecular complexity index is 1680. The number of alkyl halides is 3. The highest BCUT2D eigenvalue weighted by atomic mass is 19.4. The third kappa shape index (κ3) is 4.81. The van der Waals surface area contributed by atoms with Crippen molar-refractivity contribution in [3.63, 3.8) is 0 Å². The summed E-state index contributed by atoms with van der Waals surface area (Å²) < 4.78 is 59.8. The molecule has 12 heteroatoms. The normalized spacial score (nSPS) is 11.6. The first-order valence-corrected chi connectivity index (χ1v) is 10.7. The fraction of sp³-hybridized carbons (Fsp3) is 0.0800. The molecule has 0 saturated heterocycles. The lowest BCUT2D eigenvalue weighted by atomic mass is 10.0. The van der Waals surface area contributed by atoms with Gasteiger partial charge in [0, 0.05) is 18.3 Å². The van der Waals surface area contributed by atoms with Crippen LogP contribution in [0.3, 0.4) is 0 Å². The molecule has 5 aromatic rings. The first kappa shape index (κ1) is 23.9. The molecule has 0 spiro atoms. The Kier molecular flexibility index (Phi) is 5.99. The van der Waals surface area contributed by atoms with Crippen LogP contribution in [0, 0.1) is 5.82 Å². The third-order valence-electron chi connectivity index (χ3n) is 5.48. The van der Waals surface area contributed by atoms with Gasteiger partial charge in [-0.15, -0.1) is 0 Å². The fourth-order valence-corrected chi connectivity index (χ4v) is 3.66. The Balaban J connectivity index is 1.35. The molecule has 0 aliphatic carbocycles. The molecule has 5 rings (SSSR count). The average Bonchev–Trinajstić information content (AvgIpc) is 3.35. The second-order valence-corrected chi connectivity index (χ2v) is 7.89. The summed E-state index contributed by atoms with van der Waals surface area (Å²) in [6, 6.07) is 10.6. The number of carbonyl (C=O) groups is 1. The summed E-state index contributed by atoms with van der Waals surface area (Å²) in [5.74, 6) is -1.42. The van der Waals surface area contributed by atoms with Crippen molar-refractivity contribution in [1.82, 2.24) is 24.5 Å². The molecule has 0 saturated carbocycles. The summed E-state index contributed by atoms with van der Waals surface area (Å²) in [6.45, 7) is 0. The first-order chi connectivity index (χ1) is 17.7. The van der Waals surface area contributed by atoms with Crippen LogP contribution in [0.15, 0.2) is 78.2 Å². The minimum Gasteiger partial charge on any atom is -0.434 e. The molecule has 0 amide bonds. The Hall–Kier alpha value is -4.87. The van der Waals surface area contributed by atoms with Crippen LogP contribution in [-0.4, -0.2) is 30.3 Å². The van der Waals surface area contributed by atoms with Crippen LogP contribution in [0.1, 0.15) is 21.5 Å². The van der Waals surface area contributed by atoms with Crippen LogP contribution >= 0.6 is 0 Å². The predicted molar refractivity (Wildman–Crippen MR) is 123 cm³/mol. The molecule has 0 unspecified atom stereocenters. The van der Waals surface area contributed by atoms with E-state index in [2.05, 4.69) is 19.9 Å². The number of ether oxygens (including phenoxy) is 1. The number of nitrogens with zero attached hydrogens (tertiary/aromatic N) is 4. The molecule has 1 N–H and O–H groups in total. The van der Waals surface area contributed by atoms with E-state index in [-0.39, 0.29) is 34.9 Å². The smallest absolute Gasteiger partial charge is 0.416 e. The molecule has 2 aromatic carbocycles. The highest BCUT2D eigenvalue weighted by Crippen LogP contribution is 2.30. The van der Waals surface area contributed by atoms with Crippen LogP contribution in [0.4, 0.5) is 17.6 Å². The Morgan fingerprint density at radius 1 is 1.03 bits per heavy atom. The van der Waals surface area contributed by atoms with Crippen molar-refractivity contribution in [2.45, 2.75) is 12.6 Å². The summed E-state index contributed by atoms with van der Waals surface area (Å²) >= 11 is 0. The highest BCUT2D eigenvalue weighted by Gasteiger charge is 2.30. The summed E-state index contributed by atoms with van der Waals surface area (Å²) in [4.78, 5) is 40.5. The fourth-order valence-electron chi connectivity index (χ4n) is 3.66. The van der Waals surface area contributed by atoms with Gasteiger partial charge in [0.15, 0.2) is 23.0 Å². The Morgan fingerprint density at radius 3 is 2.54 bits per heavy atom. The molecule has 3 heterocycles. The van der Waals surface area contributed by atoms with Gasteiger partial charge in [0.1, 0.15) is 11.8 Å². The molecule has 0 bridgehead atoms. The number of imidazole rings is 1. The van der Waals surface area contributed by atoms with Crippen molar-refractivity contribution in [1.29, 1.82) is 0 Å². The quantitative estimate of drug-likeness (QED) is 0.259. The maximum atomic E-state index is 14.7. The third-order valence-corrected chi connectivity index (χ3v) is 5.48. The number of halogens is 4. The number of Topliss-reactive ketones (excluding diaryl/α,β-unsaturated/α-hetero) is 1. The minimum absolute atomic E-state index is 0.0679. The number of carbonyl (C=O) groups excluding carboxylic acids is 1. The summed E-state index contributed by atoms with van der Waals surface area (Å²) in [7, 11) is 0. The van der Waals surface area contributed by atoms with Crippen molar-refractivity contribution in [2.24, 2.45) is 0 Å². The van der Waals surface area contributed by atoms with E-state index in [4.69, 9.17) is 4.74 Å². The number of H-pyrrole nitrogens is 1. The van der Waals surface area contributed by atoms with Crippen molar-refractivity contribution in [3.05, 3.63) is 106 Å². The van der Waals surface area contributed by atoms with Gasteiger partial charge in [0.2, 0.25) is 5.88 Å². The van der Waals surface area contributed by atoms with Crippen molar-refractivity contribution in [3.8, 4) is 17.3 Å². The summed E-state index contributed by atoms with van der Waals surface area (Å²) in [5, 5.41) is 0. The zero-order valence-corrected chi connectivity index (χ0v) is 18.7. The maximum Gasteiger partial charge on any atom is 0.416 e. The van der Waals surface area contributed by atoms with Gasteiger partial charge < -0.3 is 9.72 Å². The van der Waals surface area contributed by atoms with Gasteiger partial charge in [-0.2, -0.15) is 18.2 Å². The van der Waals surface area contributed by atoms with Crippen molar-refractivity contribution < 1.29 is 27.1 Å². The van der Waals surface area contributed by atoms with E-state index in [1.807, 2.05) is 0 Å². The van der Waals surface area contributed by atoms with Crippen LogP contribution in [-0.2, 0) is 12.6 Å². The lowest BCUT2D eigenvalue weighted by molar-refractivity contribution is -0.137. The lowest BCUT2D eigenvalue weighted by Gasteiger charge is -2.11. The van der Waals surface area contributed by atoms with Gasteiger partial charge >= 0.3 is 6.18 Å². The average molecular weight is 509 g/mol. The topological polar surface area (TPSA) is 103 Å². The van der Waals surface area contributed by atoms with Crippen LogP contribution in [0.2, 0.25) is 0 Å². The molecule has 37 heavy (non-hydrogen) atoms. The van der Waals surface area contributed by atoms with E-state index in [9.17, 15) is 27.2 Å². The summed E-state index contributed by atoms with van der Waals surface area (Å²) in [5.41, 5.74) is -0.581. The second-order valence-electron chi connectivity index (χ2n) is 7.89. The van der Waals surface area contributed by atoms with Crippen molar-refractivity contribution >= 4 is 16.9 Å². The van der Waals surface area contributed by atoms with E-state index < -0.39 is 28.9 Å². The summed E-state index contributed by atoms with van der Waals surface area (Å²) in [6.07, 6.45) is -0.844. The number of benzene rings is 2. The number of ketones is 1. The van der Waals surface area contributed by atoms with E-state index in [0.717, 1.165) is 34.9 Å². The minimum atomic E-state index is -4.52. The van der Waals surface area contributed by atoms with E-state index in [1.165, 1.54) is 43.1 Å². The molecule has 8 nitrogen and oxygen atoms in total. The lowest BCUT2D eigenvalue weighted by Crippen LogP contribution is -2.25. The maximum absolute atomic E-state index is 14.7. The Labute approximate surface area is 205 Å². The number of rotatable bonds is 6. The van der Waals surface area contributed by atoms with Gasteiger partial charge in [-0.25, -0.2) is 14.4 Å². The van der Waals surface area contributed by atoms with Gasteiger partial charge in [0.25, 0.3) is 5.56 Å². The van der Waals surface area contributed by atoms with Crippen LogP contribution in [0.5, 0.6) is 11.6 Å². The molecule has 3 aromatic heterocycles. The second kappa shape index (κ2) is 9.30. The number of aromatic nitrogens is 5. The zero-order chi connectivity index (χ0) is 26.2. The molecule has 186 valence electrons. The Morgan fingerprint density at radius 2 is 1.81 bits per heavy atom. The number of pyridine rings is 1. The number of hydrogen-bond donors (Lipinski definition) is 1. The van der Waals surface area contributed by atoms with Gasteiger partial charge in [0.05, 0.1) is 17.5 Å². The standard InChI is InChI=1S/C25H15F4N5O3/c26-18-10-14(3-8-20(18)37-23-21-22(31-12-30-21)32-13-33-23)11-19(35)17-2-1-9-34(24(17)36)16-6-4-15(5-7-16)25(27,28)29/h1-10,12-13H,11H2,(H,30,31,32,33). The first-order valence-electron chi connectivity index (χ1n) is 10.7. The molecule has 0 atom stereocenters. The molecule has 0 fully saturated rings. The predicted octanol–water partition coefficient (Wildman–Crippen LogP) is 4.88. The molecule has 0 radical (unpaired) electrons. The van der Waals surface area contributed by atoms with E-state index >= 15 is 0 Å². The highest BCUT2D eigenvalue weighted by molar-refractivity contribution is 5.97. The number of fused-ring (bicyclic) bond motifs is 1. The largest absolute Gasteiger partial charge is 0.434 e. The molecule has 0 aliphatic rings. The number of hydrogen-bond acceptors (Lipinski definition) is 6. The van der Waals surface area contributed by atoms with Crippen LogP contribution < -0.4 is 10.3 Å². The van der Waals surface area contributed by atoms with Gasteiger partial charge in [-0.1, -0.05) is 6.07 Å². The molecular formula is C25H15F4N5O3. The monoisotopic (exact) mass is 509 g/mol. The van der Waals surface area contributed by atoms with Gasteiger partial charge in [-0.3, -0.25) is 14.2 Å². The van der Waals surface area contributed by atoms with Crippen molar-refractivity contribution in [2.75, 3.05) is 0 Å². The van der Waals surface area contributed by atoms with Crippen LogP contribution in [0.25, 0.3) is 16.9 Å². The van der Waals surface area contributed by atoms with E-state index in [1.54, 1.807) is 0 Å². The van der Waals surface area contributed by atoms with E-state index in [0.29, 0.717) is 11.2 Å². The SMILES string of the molecule is O=C(Cc1ccc(Oc2ncnc3nc[nH]c23)c(F)c1)c1cccn(-c2ccc(C(F)(F)F)cc2)c1=O. The zero-order valence-electron chi connectivity index (χ0n) is 18.7. The molecule has 0 aliphatic heterocycles.